The molecule has 1 N–H and O–H groups in total. The molecular weight excluding hydrogens is 228 g/mol. The molecule has 1 fully saturated rings. The summed E-state index contributed by atoms with van der Waals surface area (Å²) in [4.78, 5) is 11.0. The van der Waals surface area contributed by atoms with Gasteiger partial charge in [0.1, 0.15) is 11.6 Å². The van der Waals surface area contributed by atoms with Gasteiger partial charge in [0.05, 0.1) is 6.54 Å². The van der Waals surface area contributed by atoms with Gasteiger partial charge in [0.2, 0.25) is 0 Å². The first-order valence-corrected chi connectivity index (χ1v) is 6.55. The number of hydrogen-bond donors (Lipinski definition) is 1. The van der Waals surface area contributed by atoms with Gasteiger partial charge >= 0.3 is 0 Å². The van der Waals surface area contributed by atoms with E-state index in [4.69, 9.17) is 4.74 Å². The van der Waals surface area contributed by atoms with Crippen molar-refractivity contribution < 1.29 is 4.74 Å². The lowest BCUT2D eigenvalue weighted by molar-refractivity contribution is 0.0685. The summed E-state index contributed by atoms with van der Waals surface area (Å²) in [7, 11) is 4.00. The number of nitrogens with one attached hydrogen (secondary N) is 1. The smallest absolute Gasteiger partial charge is 0.144 e. The molecule has 0 radical (unpaired) electrons. The van der Waals surface area contributed by atoms with Gasteiger partial charge in [-0.05, 0) is 31.9 Å². The highest BCUT2D eigenvalue weighted by molar-refractivity contribution is 5.36. The summed E-state index contributed by atoms with van der Waals surface area (Å²) >= 11 is 0. The maximum absolute atomic E-state index is 5.39. The van der Waals surface area contributed by atoms with Crippen LogP contribution in [-0.4, -0.2) is 43.8 Å². The number of hydrogen-bond acceptors (Lipinski definition) is 5. The van der Waals surface area contributed by atoms with Crippen LogP contribution in [0.5, 0.6) is 0 Å². The van der Waals surface area contributed by atoms with Crippen molar-refractivity contribution in [3.8, 4) is 0 Å². The monoisotopic (exact) mass is 250 g/mol. The zero-order valence-electron chi connectivity index (χ0n) is 11.2. The Morgan fingerprint density at radius 1 is 1.44 bits per heavy atom. The molecule has 0 amide bonds. The molecule has 1 aromatic rings. The second-order valence-corrected chi connectivity index (χ2v) is 4.80. The lowest BCUT2D eigenvalue weighted by Gasteiger charge is -2.27. The molecule has 0 unspecified atom stereocenters. The highest BCUT2D eigenvalue weighted by atomic mass is 16.5. The Morgan fingerprint density at radius 2 is 2.22 bits per heavy atom. The molecule has 1 aliphatic heterocycles. The van der Waals surface area contributed by atoms with E-state index in [-0.39, 0.29) is 0 Å². The first-order chi connectivity index (χ1) is 8.79. The van der Waals surface area contributed by atoms with Gasteiger partial charge in [-0.2, -0.15) is 0 Å². The van der Waals surface area contributed by atoms with E-state index in [1.54, 1.807) is 0 Å². The van der Waals surface area contributed by atoms with Crippen molar-refractivity contribution in [2.45, 2.75) is 19.4 Å². The second-order valence-electron chi connectivity index (χ2n) is 4.80. The van der Waals surface area contributed by atoms with Crippen LogP contribution in [0, 0.1) is 5.92 Å². The summed E-state index contributed by atoms with van der Waals surface area (Å²) in [6.07, 6.45) is 4.13. The molecule has 18 heavy (non-hydrogen) atoms. The van der Waals surface area contributed by atoms with E-state index in [9.17, 15) is 0 Å². The molecule has 2 rings (SSSR count). The van der Waals surface area contributed by atoms with Crippen molar-refractivity contribution in [1.29, 1.82) is 0 Å². The molecule has 0 atom stereocenters. The third-order valence-corrected chi connectivity index (χ3v) is 3.29. The lowest BCUT2D eigenvalue weighted by Crippen LogP contribution is -2.30. The van der Waals surface area contributed by atoms with Gasteiger partial charge < -0.3 is 15.0 Å². The van der Waals surface area contributed by atoms with Crippen LogP contribution in [0.2, 0.25) is 0 Å². The molecule has 1 aliphatic rings. The molecule has 1 aromatic heterocycles. The largest absolute Gasteiger partial charge is 0.381 e. The fourth-order valence-electron chi connectivity index (χ4n) is 2.25. The molecule has 0 aliphatic carbocycles. The Balaban J connectivity index is 1.94. The fraction of sp³-hybridized carbons (Fsp3) is 0.692. The van der Waals surface area contributed by atoms with Crippen LogP contribution in [0.4, 0.5) is 5.82 Å². The predicted molar refractivity (Wildman–Crippen MR) is 71.6 cm³/mol. The van der Waals surface area contributed by atoms with Crippen LogP contribution in [0.15, 0.2) is 12.3 Å². The van der Waals surface area contributed by atoms with Gasteiger partial charge in [-0.3, -0.25) is 0 Å². The van der Waals surface area contributed by atoms with E-state index in [1.807, 2.05) is 19.3 Å². The van der Waals surface area contributed by atoms with E-state index in [2.05, 4.69) is 27.2 Å². The Kier molecular flexibility index (Phi) is 4.90. The molecule has 1 saturated heterocycles. The van der Waals surface area contributed by atoms with Gasteiger partial charge in [0, 0.05) is 33.0 Å². The molecule has 5 heteroatoms. The SMILES string of the molecule is CNCc1nccc(N(C)CC2CCOCC2)n1. The highest BCUT2D eigenvalue weighted by Crippen LogP contribution is 2.18. The summed E-state index contributed by atoms with van der Waals surface area (Å²) < 4.78 is 5.39. The van der Waals surface area contributed by atoms with Crippen molar-refractivity contribution in [1.82, 2.24) is 15.3 Å². The van der Waals surface area contributed by atoms with E-state index < -0.39 is 0 Å². The van der Waals surface area contributed by atoms with Crippen molar-refractivity contribution in [3.63, 3.8) is 0 Å². The highest BCUT2D eigenvalue weighted by Gasteiger charge is 2.16. The van der Waals surface area contributed by atoms with Gasteiger partial charge in [-0.1, -0.05) is 0 Å². The van der Waals surface area contributed by atoms with Gasteiger partial charge in [0.25, 0.3) is 0 Å². The first-order valence-electron chi connectivity index (χ1n) is 6.55. The quantitative estimate of drug-likeness (QED) is 0.847. The molecule has 0 aromatic carbocycles. The lowest BCUT2D eigenvalue weighted by atomic mass is 10.00. The van der Waals surface area contributed by atoms with E-state index in [0.29, 0.717) is 12.5 Å². The summed E-state index contributed by atoms with van der Waals surface area (Å²) in [5, 5.41) is 3.07. The minimum absolute atomic E-state index is 0.707. The van der Waals surface area contributed by atoms with E-state index in [1.165, 1.54) is 0 Å². The molecule has 0 saturated carbocycles. The first kappa shape index (κ1) is 13.2. The van der Waals surface area contributed by atoms with Crippen molar-refractivity contribution in [3.05, 3.63) is 18.1 Å². The van der Waals surface area contributed by atoms with Crippen molar-refractivity contribution in [2.24, 2.45) is 5.92 Å². The molecular formula is C13H22N4O. The van der Waals surface area contributed by atoms with Crippen LogP contribution in [0.3, 0.4) is 0 Å². The normalized spacial score (nSPS) is 16.8. The summed E-state index contributed by atoms with van der Waals surface area (Å²) in [6.45, 7) is 3.54. The van der Waals surface area contributed by atoms with Crippen LogP contribution >= 0.6 is 0 Å². The fourth-order valence-corrected chi connectivity index (χ4v) is 2.25. The van der Waals surface area contributed by atoms with Crippen molar-refractivity contribution >= 4 is 5.82 Å². The summed E-state index contributed by atoms with van der Waals surface area (Å²) in [5.74, 6) is 2.56. The number of ether oxygens (including phenoxy) is 1. The molecule has 0 spiro atoms. The van der Waals surface area contributed by atoms with E-state index in [0.717, 1.165) is 44.2 Å². The Morgan fingerprint density at radius 3 is 2.94 bits per heavy atom. The average Bonchev–Trinajstić information content (AvgIpc) is 2.40. The third kappa shape index (κ3) is 3.65. The average molecular weight is 250 g/mol. The van der Waals surface area contributed by atoms with Gasteiger partial charge in [-0.15, -0.1) is 0 Å². The number of aromatic nitrogens is 2. The van der Waals surface area contributed by atoms with Gasteiger partial charge in [0.15, 0.2) is 0 Å². The molecule has 0 bridgehead atoms. The van der Waals surface area contributed by atoms with Crippen LogP contribution in [-0.2, 0) is 11.3 Å². The Bertz CT molecular complexity index is 366. The summed E-state index contributed by atoms with van der Waals surface area (Å²) in [6, 6.07) is 1.97. The molecule has 5 nitrogen and oxygen atoms in total. The minimum atomic E-state index is 0.707. The van der Waals surface area contributed by atoms with E-state index >= 15 is 0 Å². The number of nitrogens with zero attached hydrogens (tertiary/aromatic N) is 3. The van der Waals surface area contributed by atoms with Gasteiger partial charge in [-0.25, -0.2) is 9.97 Å². The van der Waals surface area contributed by atoms with Crippen LogP contribution < -0.4 is 10.2 Å². The van der Waals surface area contributed by atoms with Crippen LogP contribution in [0.1, 0.15) is 18.7 Å². The third-order valence-electron chi connectivity index (χ3n) is 3.29. The standard InChI is InChI=1S/C13H22N4O/c1-14-9-12-15-6-3-13(16-12)17(2)10-11-4-7-18-8-5-11/h3,6,11,14H,4-5,7-10H2,1-2H3. The Labute approximate surface area is 109 Å². The predicted octanol–water partition coefficient (Wildman–Crippen LogP) is 1.06. The maximum Gasteiger partial charge on any atom is 0.144 e. The number of rotatable bonds is 5. The van der Waals surface area contributed by atoms with Crippen LogP contribution in [0.25, 0.3) is 0 Å². The second kappa shape index (κ2) is 6.66. The number of anilines is 1. The zero-order chi connectivity index (χ0) is 12.8. The minimum Gasteiger partial charge on any atom is -0.381 e. The topological polar surface area (TPSA) is 50.3 Å². The molecule has 2 heterocycles. The maximum atomic E-state index is 5.39. The summed E-state index contributed by atoms with van der Waals surface area (Å²) in [5.41, 5.74) is 0. The van der Waals surface area contributed by atoms with Crippen molar-refractivity contribution in [2.75, 3.05) is 38.8 Å². The molecule has 100 valence electrons. The Hall–Kier alpha value is -1.20. The zero-order valence-corrected chi connectivity index (χ0v) is 11.2.